The van der Waals surface area contributed by atoms with E-state index in [1.165, 1.54) is 12.8 Å². The summed E-state index contributed by atoms with van der Waals surface area (Å²) in [6.45, 7) is 4.62. The van der Waals surface area contributed by atoms with E-state index in [9.17, 15) is 0 Å². The minimum Gasteiger partial charge on any atom is -0.151 e. The van der Waals surface area contributed by atoms with E-state index in [4.69, 9.17) is 0 Å². The average molecular weight is 154 g/mol. The smallest absolute Gasteiger partial charge is 0.0298 e. The highest BCUT2D eigenvalue weighted by molar-refractivity contribution is 8.01. The summed E-state index contributed by atoms with van der Waals surface area (Å²) in [7, 11) is 0. The number of hydrogen-bond donors (Lipinski definition) is 0. The van der Waals surface area contributed by atoms with Crippen LogP contribution in [-0.4, -0.2) is 10.5 Å². The van der Waals surface area contributed by atoms with E-state index in [2.05, 4.69) is 31.7 Å². The summed E-state index contributed by atoms with van der Waals surface area (Å²) in [6.07, 6.45) is 5.20. The molecule has 1 saturated heterocycles. The zero-order chi connectivity index (χ0) is 7.14. The van der Waals surface area contributed by atoms with Crippen LogP contribution in [0.1, 0.15) is 26.7 Å². The van der Waals surface area contributed by atoms with E-state index < -0.39 is 0 Å². The molecule has 0 nitrogen and oxygen atoms in total. The first kappa shape index (κ1) is 6.78. The molecule has 0 aromatic heterocycles. The highest BCUT2D eigenvalue weighted by atomic mass is 32.2. The fourth-order valence-electron chi connectivity index (χ4n) is 2.02. The molecule has 1 heterocycles. The Morgan fingerprint density at radius 3 is 3.10 bits per heavy atom. The topological polar surface area (TPSA) is 0 Å². The first-order valence-electron chi connectivity index (χ1n) is 4.17. The van der Waals surface area contributed by atoms with Crippen LogP contribution in [0, 0.1) is 5.92 Å². The quantitative estimate of drug-likeness (QED) is 0.523. The summed E-state index contributed by atoms with van der Waals surface area (Å²) in [4.78, 5) is 0. The molecule has 0 spiro atoms. The Balaban J connectivity index is 2.05. The lowest BCUT2D eigenvalue weighted by Crippen LogP contribution is -2.21. The second-order valence-electron chi connectivity index (χ2n) is 3.35. The molecule has 2 aliphatic rings. The Bertz CT molecular complexity index is 172. The van der Waals surface area contributed by atoms with Gasteiger partial charge in [0.25, 0.3) is 0 Å². The molecule has 0 radical (unpaired) electrons. The van der Waals surface area contributed by atoms with Gasteiger partial charge in [-0.1, -0.05) is 25.5 Å². The summed E-state index contributed by atoms with van der Waals surface area (Å²) in [5.41, 5.74) is 1.72. The van der Waals surface area contributed by atoms with Crippen molar-refractivity contribution in [3.63, 3.8) is 0 Å². The maximum atomic E-state index is 2.47. The third-order valence-corrected chi connectivity index (χ3v) is 4.07. The van der Waals surface area contributed by atoms with Crippen LogP contribution in [-0.2, 0) is 0 Å². The largest absolute Gasteiger partial charge is 0.151 e. The average Bonchev–Trinajstić information content (AvgIpc) is 2.15. The molecular weight excluding hydrogens is 140 g/mol. The number of thioether (sulfide) groups is 1. The molecular formula is C9H14S. The van der Waals surface area contributed by atoms with Crippen LogP contribution >= 0.6 is 11.8 Å². The van der Waals surface area contributed by atoms with Gasteiger partial charge >= 0.3 is 0 Å². The molecule has 0 bridgehead atoms. The van der Waals surface area contributed by atoms with Crippen molar-refractivity contribution in [2.24, 2.45) is 5.92 Å². The van der Waals surface area contributed by atoms with E-state index in [1.54, 1.807) is 5.57 Å². The minimum atomic E-state index is 0.907. The summed E-state index contributed by atoms with van der Waals surface area (Å²) in [5.74, 6) is 0.977. The van der Waals surface area contributed by atoms with Gasteiger partial charge in [0.1, 0.15) is 0 Å². The second-order valence-corrected chi connectivity index (χ2v) is 4.97. The third-order valence-electron chi connectivity index (χ3n) is 2.63. The van der Waals surface area contributed by atoms with Crippen molar-refractivity contribution in [1.29, 1.82) is 0 Å². The predicted molar refractivity (Wildman–Crippen MR) is 47.3 cm³/mol. The Kier molecular flexibility index (Phi) is 1.56. The molecule has 1 aliphatic heterocycles. The van der Waals surface area contributed by atoms with Gasteiger partial charge in [0.2, 0.25) is 0 Å². The molecule has 0 aromatic carbocycles. The number of allylic oxidation sites excluding steroid dienone is 1. The van der Waals surface area contributed by atoms with E-state index in [0.717, 1.165) is 16.4 Å². The van der Waals surface area contributed by atoms with Gasteiger partial charge in [0.05, 0.1) is 0 Å². The normalized spacial score (nSPS) is 44.2. The van der Waals surface area contributed by atoms with E-state index >= 15 is 0 Å². The van der Waals surface area contributed by atoms with Gasteiger partial charge in [-0.05, 0) is 18.8 Å². The first-order valence-corrected chi connectivity index (χ1v) is 5.11. The molecule has 3 atom stereocenters. The Morgan fingerprint density at radius 2 is 2.50 bits per heavy atom. The molecule has 10 heavy (non-hydrogen) atoms. The summed E-state index contributed by atoms with van der Waals surface area (Å²) >= 11 is 2.16. The van der Waals surface area contributed by atoms with Gasteiger partial charge in [-0.15, -0.1) is 0 Å². The SMILES string of the molecule is CCC1=CC2SC(C)C[C@@H]12. The van der Waals surface area contributed by atoms with E-state index in [0.29, 0.717) is 0 Å². The molecule has 0 N–H and O–H groups in total. The number of rotatable bonds is 1. The van der Waals surface area contributed by atoms with Crippen LogP contribution < -0.4 is 0 Å². The van der Waals surface area contributed by atoms with Gasteiger partial charge < -0.3 is 0 Å². The van der Waals surface area contributed by atoms with Crippen molar-refractivity contribution in [3.05, 3.63) is 11.6 Å². The number of fused-ring (bicyclic) bond motifs is 1. The van der Waals surface area contributed by atoms with Crippen molar-refractivity contribution >= 4 is 11.8 Å². The van der Waals surface area contributed by atoms with Crippen molar-refractivity contribution in [3.8, 4) is 0 Å². The molecule has 0 saturated carbocycles. The zero-order valence-corrected chi connectivity index (χ0v) is 7.45. The summed E-state index contributed by atoms with van der Waals surface area (Å²) < 4.78 is 0. The Labute approximate surface area is 67.1 Å². The van der Waals surface area contributed by atoms with Crippen LogP contribution in [0.25, 0.3) is 0 Å². The molecule has 0 amide bonds. The van der Waals surface area contributed by atoms with Crippen molar-refractivity contribution in [2.75, 3.05) is 0 Å². The van der Waals surface area contributed by atoms with Gasteiger partial charge in [0, 0.05) is 10.5 Å². The highest BCUT2D eigenvalue weighted by Gasteiger charge is 2.39. The zero-order valence-electron chi connectivity index (χ0n) is 6.63. The lowest BCUT2D eigenvalue weighted by Gasteiger charge is -2.28. The fraction of sp³-hybridized carbons (Fsp3) is 0.778. The van der Waals surface area contributed by atoms with Crippen molar-refractivity contribution < 1.29 is 0 Å². The molecule has 0 aromatic rings. The molecule has 56 valence electrons. The Morgan fingerprint density at radius 1 is 1.70 bits per heavy atom. The fourth-order valence-corrected chi connectivity index (χ4v) is 3.61. The lowest BCUT2D eigenvalue weighted by molar-refractivity contribution is 0.544. The van der Waals surface area contributed by atoms with Crippen molar-refractivity contribution in [2.45, 2.75) is 37.2 Å². The van der Waals surface area contributed by atoms with Crippen LogP contribution in [0.4, 0.5) is 0 Å². The predicted octanol–water partition coefficient (Wildman–Crippen LogP) is 2.85. The lowest BCUT2D eigenvalue weighted by atomic mass is 9.80. The first-order chi connectivity index (χ1) is 4.81. The molecule has 2 unspecified atom stereocenters. The van der Waals surface area contributed by atoms with Gasteiger partial charge in [0.15, 0.2) is 0 Å². The van der Waals surface area contributed by atoms with Crippen molar-refractivity contribution in [1.82, 2.24) is 0 Å². The van der Waals surface area contributed by atoms with Gasteiger partial charge in [-0.25, -0.2) is 0 Å². The number of hydrogen-bond acceptors (Lipinski definition) is 1. The second kappa shape index (κ2) is 2.30. The van der Waals surface area contributed by atoms with E-state index in [-0.39, 0.29) is 0 Å². The highest BCUT2D eigenvalue weighted by Crippen LogP contribution is 2.50. The van der Waals surface area contributed by atoms with Gasteiger partial charge in [-0.2, -0.15) is 11.8 Å². The monoisotopic (exact) mass is 154 g/mol. The molecule has 1 aliphatic carbocycles. The minimum absolute atomic E-state index is 0.907. The van der Waals surface area contributed by atoms with Gasteiger partial charge in [-0.3, -0.25) is 0 Å². The summed E-state index contributed by atoms with van der Waals surface area (Å²) in [6, 6.07) is 0. The van der Waals surface area contributed by atoms with Crippen LogP contribution in [0.15, 0.2) is 11.6 Å². The summed E-state index contributed by atoms with van der Waals surface area (Å²) in [5, 5.41) is 1.82. The molecule has 1 fully saturated rings. The third kappa shape index (κ3) is 0.833. The Hall–Kier alpha value is 0.0900. The maximum absolute atomic E-state index is 2.47. The molecule has 2 rings (SSSR count). The van der Waals surface area contributed by atoms with E-state index in [1.807, 2.05) is 0 Å². The van der Waals surface area contributed by atoms with Crippen LogP contribution in [0.3, 0.4) is 0 Å². The molecule has 1 heteroatoms. The maximum Gasteiger partial charge on any atom is 0.0298 e. The van der Waals surface area contributed by atoms with Crippen LogP contribution in [0.2, 0.25) is 0 Å². The van der Waals surface area contributed by atoms with Crippen LogP contribution in [0.5, 0.6) is 0 Å². The standard InChI is InChI=1S/C9H14S/c1-3-7-5-9-8(7)4-6(2)10-9/h5-6,8-9H,3-4H2,1-2H3/t6?,8-,9?/m0/s1.